The maximum absolute atomic E-state index is 11.6. The number of hydrazone groups is 1. The second kappa shape index (κ2) is 7.09. The van der Waals surface area contributed by atoms with E-state index in [1.165, 1.54) is 0 Å². The maximum Gasteiger partial charge on any atom is 0.259 e. The van der Waals surface area contributed by atoms with Gasteiger partial charge < -0.3 is 5.32 Å². The third-order valence-electron chi connectivity index (χ3n) is 2.67. The predicted molar refractivity (Wildman–Crippen MR) is 81.8 cm³/mol. The van der Waals surface area contributed by atoms with Crippen LogP contribution in [0.2, 0.25) is 0 Å². The number of nitrogens with zero attached hydrogens (tertiary/aromatic N) is 1. The summed E-state index contributed by atoms with van der Waals surface area (Å²) < 4.78 is 0. The monoisotopic (exact) mass is 267 g/mol. The van der Waals surface area contributed by atoms with E-state index in [0.29, 0.717) is 0 Å². The molecule has 0 aliphatic carbocycles. The molecule has 0 heterocycles. The van der Waals surface area contributed by atoms with Crippen LogP contribution in [0.5, 0.6) is 0 Å². The molecular weight excluding hydrogens is 250 g/mol. The van der Waals surface area contributed by atoms with Gasteiger partial charge in [-0.1, -0.05) is 48.0 Å². The summed E-state index contributed by atoms with van der Waals surface area (Å²) in [4.78, 5) is 11.6. The van der Waals surface area contributed by atoms with E-state index in [-0.39, 0.29) is 12.5 Å². The Kier molecular flexibility index (Phi) is 4.89. The average molecular weight is 267 g/mol. The van der Waals surface area contributed by atoms with E-state index in [9.17, 15) is 4.79 Å². The highest BCUT2D eigenvalue weighted by Crippen LogP contribution is 2.03. The van der Waals surface area contributed by atoms with Crippen molar-refractivity contribution in [1.82, 2.24) is 5.43 Å². The van der Waals surface area contributed by atoms with Crippen molar-refractivity contribution in [2.75, 3.05) is 11.9 Å². The molecule has 2 N–H and O–H groups in total. The van der Waals surface area contributed by atoms with Crippen LogP contribution in [0.4, 0.5) is 5.69 Å². The second-order valence-corrected chi connectivity index (χ2v) is 4.43. The van der Waals surface area contributed by atoms with Crippen molar-refractivity contribution < 1.29 is 4.79 Å². The van der Waals surface area contributed by atoms with E-state index in [0.717, 1.165) is 16.8 Å². The number of rotatable bonds is 5. The van der Waals surface area contributed by atoms with Crippen molar-refractivity contribution >= 4 is 17.8 Å². The predicted octanol–water partition coefficient (Wildman–Crippen LogP) is 2.56. The van der Waals surface area contributed by atoms with Gasteiger partial charge in [-0.15, -0.1) is 0 Å². The third-order valence-corrected chi connectivity index (χ3v) is 2.67. The number of amides is 1. The Morgan fingerprint density at radius 1 is 1.15 bits per heavy atom. The van der Waals surface area contributed by atoms with Crippen molar-refractivity contribution in [3.8, 4) is 0 Å². The van der Waals surface area contributed by atoms with Crippen LogP contribution in [0.15, 0.2) is 59.7 Å². The topological polar surface area (TPSA) is 53.5 Å². The lowest BCUT2D eigenvalue weighted by Crippen LogP contribution is -2.25. The number of nitrogens with one attached hydrogen (secondary N) is 2. The molecule has 2 rings (SSSR count). The zero-order valence-electron chi connectivity index (χ0n) is 11.3. The summed E-state index contributed by atoms with van der Waals surface area (Å²) in [6.45, 7) is 2.20. The van der Waals surface area contributed by atoms with E-state index in [4.69, 9.17) is 0 Å². The lowest BCUT2D eigenvalue weighted by molar-refractivity contribution is -0.119. The molecule has 0 atom stereocenters. The van der Waals surface area contributed by atoms with Gasteiger partial charge in [0.05, 0.1) is 12.8 Å². The molecular formula is C16H17N3O. The van der Waals surface area contributed by atoms with Crippen molar-refractivity contribution in [2.24, 2.45) is 5.10 Å². The fourth-order valence-electron chi connectivity index (χ4n) is 1.71. The zero-order chi connectivity index (χ0) is 14.2. The fourth-order valence-corrected chi connectivity index (χ4v) is 1.71. The number of benzene rings is 2. The Morgan fingerprint density at radius 3 is 2.70 bits per heavy atom. The molecule has 0 unspecified atom stereocenters. The Labute approximate surface area is 118 Å². The van der Waals surface area contributed by atoms with E-state index < -0.39 is 0 Å². The van der Waals surface area contributed by atoms with Gasteiger partial charge in [0.15, 0.2) is 0 Å². The molecule has 0 aromatic heterocycles. The van der Waals surface area contributed by atoms with Crippen LogP contribution in [0.1, 0.15) is 11.1 Å². The van der Waals surface area contributed by atoms with E-state index in [2.05, 4.69) is 15.8 Å². The first-order valence-corrected chi connectivity index (χ1v) is 6.41. The van der Waals surface area contributed by atoms with Gasteiger partial charge in [0, 0.05) is 5.69 Å². The van der Waals surface area contributed by atoms with Crippen LogP contribution < -0.4 is 10.7 Å². The first-order valence-electron chi connectivity index (χ1n) is 6.41. The molecule has 0 saturated carbocycles. The molecule has 1 amide bonds. The quantitative estimate of drug-likeness (QED) is 0.646. The van der Waals surface area contributed by atoms with Crippen molar-refractivity contribution in [2.45, 2.75) is 6.92 Å². The number of carbonyl (C=O) groups excluding carboxylic acids is 1. The van der Waals surface area contributed by atoms with E-state index in [1.54, 1.807) is 6.21 Å². The number of para-hydroxylation sites is 1. The number of hydrogen-bond donors (Lipinski definition) is 2. The van der Waals surface area contributed by atoms with Crippen molar-refractivity contribution in [3.05, 3.63) is 65.7 Å². The summed E-state index contributed by atoms with van der Waals surface area (Å²) >= 11 is 0. The molecule has 2 aromatic rings. The molecule has 0 bridgehead atoms. The summed E-state index contributed by atoms with van der Waals surface area (Å²) in [5, 5.41) is 6.95. The van der Waals surface area contributed by atoms with E-state index >= 15 is 0 Å². The van der Waals surface area contributed by atoms with Gasteiger partial charge in [-0.3, -0.25) is 4.79 Å². The molecule has 20 heavy (non-hydrogen) atoms. The maximum atomic E-state index is 11.6. The van der Waals surface area contributed by atoms with Crippen molar-refractivity contribution in [3.63, 3.8) is 0 Å². The molecule has 4 heteroatoms. The second-order valence-electron chi connectivity index (χ2n) is 4.43. The number of carbonyl (C=O) groups is 1. The fraction of sp³-hybridized carbons (Fsp3) is 0.125. The zero-order valence-corrected chi connectivity index (χ0v) is 11.3. The molecule has 102 valence electrons. The van der Waals surface area contributed by atoms with Gasteiger partial charge in [0.1, 0.15) is 0 Å². The van der Waals surface area contributed by atoms with Crippen LogP contribution in [0, 0.1) is 6.92 Å². The van der Waals surface area contributed by atoms with Gasteiger partial charge >= 0.3 is 0 Å². The number of anilines is 1. The van der Waals surface area contributed by atoms with Gasteiger partial charge in [-0.05, 0) is 24.6 Å². The molecule has 0 fully saturated rings. The minimum atomic E-state index is -0.183. The first kappa shape index (κ1) is 13.8. The van der Waals surface area contributed by atoms with Crippen LogP contribution in [0.3, 0.4) is 0 Å². The number of aryl methyl sites for hydroxylation is 1. The molecule has 0 aliphatic rings. The Bertz CT molecular complexity index is 594. The minimum Gasteiger partial charge on any atom is -0.376 e. The lowest BCUT2D eigenvalue weighted by atomic mass is 10.2. The van der Waals surface area contributed by atoms with Crippen LogP contribution in [-0.4, -0.2) is 18.7 Å². The summed E-state index contributed by atoms with van der Waals surface area (Å²) in [5.74, 6) is -0.183. The Morgan fingerprint density at radius 2 is 1.95 bits per heavy atom. The lowest BCUT2D eigenvalue weighted by Gasteiger charge is -2.04. The normalized spacial score (nSPS) is 10.4. The number of hydrogen-bond acceptors (Lipinski definition) is 3. The van der Waals surface area contributed by atoms with E-state index in [1.807, 2.05) is 61.5 Å². The molecule has 2 aromatic carbocycles. The highest BCUT2D eigenvalue weighted by Gasteiger charge is 1.98. The summed E-state index contributed by atoms with van der Waals surface area (Å²) in [7, 11) is 0. The molecule has 0 spiro atoms. The van der Waals surface area contributed by atoms with Gasteiger partial charge in [-0.25, -0.2) is 5.43 Å². The third kappa shape index (κ3) is 4.57. The van der Waals surface area contributed by atoms with Crippen LogP contribution >= 0.6 is 0 Å². The SMILES string of the molecule is Cc1cccc(/C=N/NC(=O)CNc2ccccc2)c1. The molecule has 0 aliphatic heterocycles. The summed E-state index contributed by atoms with van der Waals surface area (Å²) in [6.07, 6.45) is 1.63. The highest BCUT2D eigenvalue weighted by molar-refractivity contribution is 5.84. The summed E-state index contributed by atoms with van der Waals surface area (Å²) in [6, 6.07) is 17.5. The van der Waals surface area contributed by atoms with Crippen LogP contribution in [-0.2, 0) is 4.79 Å². The van der Waals surface area contributed by atoms with Crippen molar-refractivity contribution in [1.29, 1.82) is 0 Å². The standard InChI is InChI=1S/C16H17N3O/c1-13-6-5-7-14(10-13)11-18-19-16(20)12-17-15-8-3-2-4-9-15/h2-11,17H,12H2,1H3,(H,19,20)/b18-11+. The van der Waals surface area contributed by atoms with Gasteiger partial charge in [0.2, 0.25) is 0 Å². The van der Waals surface area contributed by atoms with Gasteiger partial charge in [-0.2, -0.15) is 5.10 Å². The Balaban J connectivity index is 1.78. The van der Waals surface area contributed by atoms with Crippen LogP contribution in [0.25, 0.3) is 0 Å². The summed E-state index contributed by atoms with van der Waals surface area (Å²) in [5.41, 5.74) is 5.51. The van der Waals surface area contributed by atoms with Gasteiger partial charge in [0.25, 0.3) is 5.91 Å². The molecule has 0 saturated heterocycles. The molecule has 4 nitrogen and oxygen atoms in total. The Hall–Kier alpha value is -2.62. The average Bonchev–Trinajstić information content (AvgIpc) is 2.46. The largest absolute Gasteiger partial charge is 0.376 e. The first-order chi connectivity index (χ1) is 9.74. The minimum absolute atomic E-state index is 0.183. The highest BCUT2D eigenvalue weighted by atomic mass is 16.2. The molecule has 0 radical (unpaired) electrons. The smallest absolute Gasteiger partial charge is 0.259 e.